The van der Waals surface area contributed by atoms with Crippen LogP contribution < -0.4 is 10.2 Å². The molecule has 1 aromatic heterocycles. The summed E-state index contributed by atoms with van der Waals surface area (Å²) in [6.45, 7) is 12.0. The van der Waals surface area contributed by atoms with Crippen molar-refractivity contribution in [1.82, 2.24) is 15.3 Å². The Morgan fingerprint density at radius 1 is 1.29 bits per heavy atom. The van der Waals surface area contributed by atoms with Crippen molar-refractivity contribution in [1.29, 1.82) is 0 Å². The van der Waals surface area contributed by atoms with Crippen LogP contribution in [0.5, 0.6) is 0 Å². The van der Waals surface area contributed by atoms with Crippen LogP contribution in [0.1, 0.15) is 56.7 Å². The van der Waals surface area contributed by atoms with E-state index in [4.69, 9.17) is 0 Å². The highest BCUT2D eigenvalue weighted by molar-refractivity contribution is 5.93. The lowest BCUT2D eigenvalue weighted by molar-refractivity contribution is 0.0914. The Morgan fingerprint density at radius 3 is 2.48 bits per heavy atom. The molecule has 0 radical (unpaired) electrons. The molecule has 116 valence electrons. The van der Waals surface area contributed by atoms with Gasteiger partial charge >= 0.3 is 0 Å². The quantitative estimate of drug-likeness (QED) is 0.909. The average molecular weight is 290 g/mol. The maximum atomic E-state index is 12.3. The maximum Gasteiger partial charge on any atom is 0.270 e. The topological polar surface area (TPSA) is 58.1 Å². The molecule has 0 unspecified atom stereocenters. The number of aromatic nitrogens is 2. The zero-order valence-electron chi connectivity index (χ0n) is 13.7. The van der Waals surface area contributed by atoms with Crippen LogP contribution in [0, 0.1) is 12.8 Å². The summed E-state index contributed by atoms with van der Waals surface area (Å²) >= 11 is 0. The van der Waals surface area contributed by atoms with E-state index in [9.17, 15) is 4.79 Å². The van der Waals surface area contributed by atoms with Crippen LogP contribution in [-0.4, -0.2) is 34.5 Å². The van der Waals surface area contributed by atoms with Gasteiger partial charge < -0.3 is 10.2 Å². The lowest BCUT2D eigenvalue weighted by Crippen LogP contribution is -2.41. The van der Waals surface area contributed by atoms with Gasteiger partial charge in [0.05, 0.1) is 0 Å². The molecule has 0 bridgehead atoms. The highest BCUT2D eigenvalue weighted by Gasteiger charge is 2.21. The zero-order chi connectivity index (χ0) is 15.6. The fourth-order valence-electron chi connectivity index (χ4n) is 2.42. The van der Waals surface area contributed by atoms with E-state index in [-0.39, 0.29) is 11.4 Å². The Balaban J connectivity index is 2.19. The van der Waals surface area contributed by atoms with Crippen LogP contribution in [-0.2, 0) is 0 Å². The number of amides is 1. The molecule has 5 heteroatoms. The fraction of sp³-hybridized carbons (Fsp3) is 0.688. The van der Waals surface area contributed by atoms with Crippen molar-refractivity contribution >= 4 is 11.9 Å². The standard InChI is InChI=1S/C16H26N4O/c1-11-6-8-20(9-7-11)15-17-12(2)10-13(18-15)14(21)19-16(3,4)5/h10-11H,6-9H2,1-5H3,(H,19,21). The lowest BCUT2D eigenvalue weighted by Gasteiger charge is -2.30. The molecule has 21 heavy (non-hydrogen) atoms. The molecule has 2 rings (SSSR count). The summed E-state index contributed by atoms with van der Waals surface area (Å²) in [7, 11) is 0. The highest BCUT2D eigenvalue weighted by atomic mass is 16.2. The van der Waals surface area contributed by atoms with E-state index in [0.717, 1.165) is 37.5 Å². The van der Waals surface area contributed by atoms with E-state index in [1.165, 1.54) is 0 Å². The minimum absolute atomic E-state index is 0.139. The summed E-state index contributed by atoms with van der Waals surface area (Å²) in [5.41, 5.74) is 1.01. The molecule has 1 amide bonds. The van der Waals surface area contributed by atoms with Gasteiger partial charge in [0.2, 0.25) is 5.95 Å². The zero-order valence-corrected chi connectivity index (χ0v) is 13.7. The summed E-state index contributed by atoms with van der Waals surface area (Å²) < 4.78 is 0. The van der Waals surface area contributed by atoms with Gasteiger partial charge in [-0.05, 0) is 52.5 Å². The van der Waals surface area contributed by atoms with Crippen LogP contribution in [0.4, 0.5) is 5.95 Å². The largest absolute Gasteiger partial charge is 0.346 e. The molecule has 1 aliphatic heterocycles. The number of hydrogen-bond donors (Lipinski definition) is 1. The van der Waals surface area contributed by atoms with Gasteiger partial charge in [-0.1, -0.05) is 6.92 Å². The molecule has 0 aliphatic carbocycles. The molecule has 0 spiro atoms. The minimum atomic E-state index is -0.267. The third-order valence-electron chi connectivity index (χ3n) is 3.63. The van der Waals surface area contributed by atoms with Gasteiger partial charge in [-0.25, -0.2) is 9.97 Å². The second-order valence-corrected chi connectivity index (χ2v) is 7.07. The Kier molecular flexibility index (Phi) is 4.49. The normalized spacial score (nSPS) is 16.9. The maximum absolute atomic E-state index is 12.3. The summed E-state index contributed by atoms with van der Waals surface area (Å²) in [6, 6.07) is 1.75. The predicted molar refractivity (Wildman–Crippen MR) is 84.6 cm³/mol. The molecule has 2 heterocycles. The van der Waals surface area contributed by atoms with E-state index in [2.05, 4.69) is 27.1 Å². The van der Waals surface area contributed by atoms with Gasteiger partial charge in [0.15, 0.2) is 0 Å². The molecule has 0 aromatic carbocycles. The van der Waals surface area contributed by atoms with Gasteiger partial charge in [-0.3, -0.25) is 4.79 Å². The number of aryl methyl sites for hydroxylation is 1. The summed E-state index contributed by atoms with van der Waals surface area (Å²) in [6.07, 6.45) is 2.31. The van der Waals surface area contributed by atoms with Crippen molar-refractivity contribution in [3.8, 4) is 0 Å². The molecule has 1 aliphatic rings. The van der Waals surface area contributed by atoms with Crippen LogP contribution >= 0.6 is 0 Å². The first-order valence-corrected chi connectivity index (χ1v) is 7.68. The van der Waals surface area contributed by atoms with Crippen molar-refractivity contribution in [2.45, 2.75) is 53.0 Å². The number of carbonyl (C=O) groups is 1. The number of anilines is 1. The number of rotatable bonds is 2. The molecule has 0 atom stereocenters. The monoisotopic (exact) mass is 290 g/mol. The van der Waals surface area contributed by atoms with Crippen LogP contribution in [0.3, 0.4) is 0 Å². The Hall–Kier alpha value is -1.65. The second kappa shape index (κ2) is 6.00. The van der Waals surface area contributed by atoms with Crippen LogP contribution in [0.15, 0.2) is 6.07 Å². The first kappa shape index (κ1) is 15.7. The van der Waals surface area contributed by atoms with E-state index in [1.807, 2.05) is 27.7 Å². The molecule has 1 N–H and O–H groups in total. The smallest absolute Gasteiger partial charge is 0.270 e. The van der Waals surface area contributed by atoms with E-state index < -0.39 is 0 Å². The van der Waals surface area contributed by atoms with Gasteiger partial charge in [-0.2, -0.15) is 0 Å². The Morgan fingerprint density at radius 2 is 1.90 bits per heavy atom. The molecule has 0 saturated carbocycles. The molecular formula is C16H26N4O. The van der Waals surface area contributed by atoms with Crippen molar-refractivity contribution in [3.63, 3.8) is 0 Å². The van der Waals surface area contributed by atoms with E-state index >= 15 is 0 Å². The van der Waals surface area contributed by atoms with Crippen molar-refractivity contribution in [2.75, 3.05) is 18.0 Å². The molecule has 1 aromatic rings. The Bertz CT molecular complexity index is 513. The number of piperidine rings is 1. The van der Waals surface area contributed by atoms with Crippen molar-refractivity contribution in [2.24, 2.45) is 5.92 Å². The first-order chi connectivity index (χ1) is 9.74. The minimum Gasteiger partial charge on any atom is -0.346 e. The van der Waals surface area contributed by atoms with Gasteiger partial charge in [0.1, 0.15) is 5.69 Å². The third kappa shape index (κ3) is 4.41. The van der Waals surface area contributed by atoms with Crippen LogP contribution in [0.2, 0.25) is 0 Å². The highest BCUT2D eigenvalue weighted by Crippen LogP contribution is 2.20. The van der Waals surface area contributed by atoms with E-state index in [1.54, 1.807) is 6.07 Å². The SMILES string of the molecule is Cc1cc(C(=O)NC(C)(C)C)nc(N2CCC(C)CC2)n1. The number of nitrogens with zero attached hydrogens (tertiary/aromatic N) is 3. The van der Waals surface area contributed by atoms with E-state index in [0.29, 0.717) is 11.6 Å². The lowest BCUT2D eigenvalue weighted by atomic mass is 10.00. The van der Waals surface area contributed by atoms with Gasteiger partial charge in [0, 0.05) is 24.3 Å². The predicted octanol–water partition coefficient (Wildman–Crippen LogP) is 2.55. The fourth-order valence-corrected chi connectivity index (χ4v) is 2.42. The van der Waals surface area contributed by atoms with Crippen molar-refractivity contribution < 1.29 is 4.79 Å². The third-order valence-corrected chi connectivity index (χ3v) is 3.63. The number of hydrogen-bond acceptors (Lipinski definition) is 4. The summed E-state index contributed by atoms with van der Waals surface area (Å²) in [4.78, 5) is 23.4. The van der Waals surface area contributed by atoms with Crippen LogP contribution in [0.25, 0.3) is 0 Å². The number of nitrogens with one attached hydrogen (secondary N) is 1. The van der Waals surface area contributed by atoms with Gasteiger partial charge in [0.25, 0.3) is 5.91 Å². The van der Waals surface area contributed by atoms with Crippen molar-refractivity contribution in [3.05, 3.63) is 17.5 Å². The summed E-state index contributed by atoms with van der Waals surface area (Å²) in [5, 5.41) is 2.95. The van der Waals surface area contributed by atoms with Gasteiger partial charge in [-0.15, -0.1) is 0 Å². The molecule has 5 nitrogen and oxygen atoms in total. The Labute approximate surface area is 127 Å². The molecule has 1 fully saturated rings. The number of carbonyl (C=O) groups excluding carboxylic acids is 1. The molecule has 1 saturated heterocycles. The summed E-state index contributed by atoms with van der Waals surface area (Å²) in [5.74, 6) is 1.30. The molecular weight excluding hydrogens is 264 g/mol. The average Bonchev–Trinajstić information content (AvgIpc) is 2.36. The first-order valence-electron chi connectivity index (χ1n) is 7.68. The second-order valence-electron chi connectivity index (χ2n) is 7.07.